The van der Waals surface area contributed by atoms with E-state index >= 15 is 0 Å². The Kier molecular flexibility index (Phi) is 4.76. The van der Waals surface area contributed by atoms with Crippen LogP contribution in [0.15, 0.2) is 33.9 Å². The number of benzene rings is 1. The van der Waals surface area contributed by atoms with Gasteiger partial charge in [-0.1, -0.05) is 18.2 Å². The van der Waals surface area contributed by atoms with Crippen molar-refractivity contribution >= 4 is 29.0 Å². The van der Waals surface area contributed by atoms with Gasteiger partial charge in [0.2, 0.25) is 0 Å². The van der Waals surface area contributed by atoms with Gasteiger partial charge in [0.1, 0.15) is 5.82 Å². The number of hydrogen-bond acceptors (Lipinski definition) is 5. The van der Waals surface area contributed by atoms with Crippen LogP contribution in [-0.2, 0) is 20.1 Å². The summed E-state index contributed by atoms with van der Waals surface area (Å²) in [7, 11) is 1.70. The van der Waals surface area contributed by atoms with Crippen LogP contribution in [0.4, 0.5) is 5.69 Å². The maximum Gasteiger partial charge on any atom is 0.332 e. The maximum atomic E-state index is 12.7. The topological polar surface area (TPSA) is 105 Å². The van der Waals surface area contributed by atoms with Crippen LogP contribution in [-0.4, -0.2) is 23.6 Å². The van der Waals surface area contributed by atoms with Gasteiger partial charge in [-0.3, -0.25) is 24.0 Å². The Bertz CT molecular complexity index is 1180. The van der Waals surface area contributed by atoms with E-state index < -0.39 is 4.92 Å². The molecule has 0 aliphatic rings. The summed E-state index contributed by atoms with van der Waals surface area (Å²) >= 11 is 0. The monoisotopic (exact) mass is 369 g/mol. The number of aromatic nitrogens is 4. The molecular formula is C18H19N5O4. The summed E-state index contributed by atoms with van der Waals surface area (Å²) in [5.74, 6) is 0.476. The van der Waals surface area contributed by atoms with Gasteiger partial charge in [-0.2, -0.15) is 0 Å². The first-order valence-corrected chi connectivity index (χ1v) is 8.51. The van der Waals surface area contributed by atoms with Crippen LogP contribution in [0.2, 0.25) is 0 Å². The minimum atomic E-state index is -0.459. The zero-order chi connectivity index (χ0) is 19.7. The summed E-state index contributed by atoms with van der Waals surface area (Å²) in [6, 6.07) is 6.20. The molecule has 0 unspecified atom stereocenters. The highest BCUT2D eigenvalue weighted by molar-refractivity contribution is 5.76. The molecule has 0 aliphatic heterocycles. The first-order valence-electron chi connectivity index (χ1n) is 8.51. The average Bonchev–Trinajstić information content (AvgIpc) is 2.97. The molecule has 2 heterocycles. The highest BCUT2D eigenvalue weighted by Crippen LogP contribution is 2.17. The first kappa shape index (κ1) is 18.3. The van der Waals surface area contributed by atoms with E-state index in [1.54, 1.807) is 42.8 Å². The van der Waals surface area contributed by atoms with Crippen LogP contribution < -0.4 is 11.2 Å². The second kappa shape index (κ2) is 7.02. The van der Waals surface area contributed by atoms with Gasteiger partial charge in [-0.05, 0) is 25.5 Å². The molecule has 0 radical (unpaired) electrons. The zero-order valence-electron chi connectivity index (χ0n) is 15.2. The van der Waals surface area contributed by atoms with Crippen molar-refractivity contribution in [3.05, 3.63) is 66.6 Å². The van der Waals surface area contributed by atoms with Crippen LogP contribution in [0, 0.1) is 10.1 Å². The number of non-ortho nitro benzene ring substituents is 1. The fourth-order valence-corrected chi connectivity index (χ4v) is 3.01. The van der Waals surface area contributed by atoms with Gasteiger partial charge in [0, 0.05) is 32.3 Å². The Labute approximate surface area is 154 Å². The number of aryl methyl sites for hydroxylation is 2. The van der Waals surface area contributed by atoms with E-state index in [1.165, 1.54) is 21.3 Å². The van der Waals surface area contributed by atoms with Crippen LogP contribution >= 0.6 is 0 Å². The molecule has 140 valence electrons. The van der Waals surface area contributed by atoms with E-state index in [0.29, 0.717) is 29.1 Å². The van der Waals surface area contributed by atoms with Gasteiger partial charge in [0.05, 0.1) is 4.92 Å². The van der Waals surface area contributed by atoms with Crippen molar-refractivity contribution in [2.24, 2.45) is 7.05 Å². The molecule has 0 amide bonds. The van der Waals surface area contributed by atoms with E-state index in [1.807, 2.05) is 6.92 Å². The summed E-state index contributed by atoms with van der Waals surface area (Å²) in [6.07, 6.45) is 3.35. The molecule has 0 aliphatic carbocycles. The molecule has 2 aromatic heterocycles. The van der Waals surface area contributed by atoms with Gasteiger partial charge >= 0.3 is 5.69 Å². The number of imidazole rings is 1. The van der Waals surface area contributed by atoms with E-state index in [2.05, 4.69) is 4.98 Å². The number of rotatable bonds is 5. The predicted molar refractivity (Wildman–Crippen MR) is 103 cm³/mol. The maximum absolute atomic E-state index is 12.7. The molecule has 0 saturated carbocycles. The van der Waals surface area contributed by atoms with Crippen molar-refractivity contribution in [3.8, 4) is 0 Å². The number of nitro benzene ring substituents is 1. The standard InChI is InChI=1S/C18H19N5O4/c1-4-21-16-15(17(24)22(5-2)18(21)25)20(3)14(19-16)10-9-12-7-6-8-13(11-12)23(26)27/h6-11H,4-5H2,1-3H3/b10-9+. The normalized spacial score (nSPS) is 11.5. The molecule has 0 fully saturated rings. The lowest BCUT2D eigenvalue weighted by molar-refractivity contribution is -0.384. The van der Waals surface area contributed by atoms with E-state index in [9.17, 15) is 19.7 Å². The van der Waals surface area contributed by atoms with Gasteiger partial charge < -0.3 is 4.57 Å². The Morgan fingerprint density at radius 2 is 1.85 bits per heavy atom. The lowest BCUT2D eigenvalue weighted by atomic mass is 10.2. The summed E-state index contributed by atoms with van der Waals surface area (Å²) in [5.41, 5.74) is 0.537. The Morgan fingerprint density at radius 1 is 1.15 bits per heavy atom. The molecule has 0 bridgehead atoms. The largest absolute Gasteiger partial charge is 0.332 e. The number of nitrogens with zero attached hydrogens (tertiary/aromatic N) is 5. The highest BCUT2D eigenvalue weighted by atomic mass is 16.6. The Balaban J connectivity index is 2.17. The summed E-state index contributed by atoms with van der Waals surface area (Å²) in [6.45, 7) is 4.23. The number of fused-ring (bicyclic) bond motifs is 1. The van der Waals surface area contributed by atoms with Crippen molar-refractivity contribution < 1.29 is 4.92 Å². The number of nitro groups is 1. The Morgan fingerprint density at radius 3 is 2.48 bits per heavy atom. The fraction of sp³-hybridized carbons (Fsp3) is 0.278. The van der Waals surface area contributed by atoms with Crippen LogP contribution in [0.3, 0.4) is 0 Å². The minimum Gasteiger partial charge on any atom is -0.322 e. The van der Waals surface area contributed by atoms with Crippen LogP contribution in [0.5, 0.6) is 0 Å². The van der Waals surface area contributed by atoms with Gasteiger partial charge in [-0.25, -0.2) is 9.78 Å². The molecule has 3 aromatic rings. The van der Waals surface area contributed by atoms with Crippen molar-refractivity contribution in [1.29, 1.82) is 0 Å². The van der Waals surface area contributed by atoms with Gasteiger partial charge in [-0.15, -0.1) is 0 Å². The average molecular weight is 369 g/mol. The summed E-state index contributed by atoms with van der Waals surface area (Å²) < 4.78 is 4.27. The lowest BCUT2D eigenvalue weighted by Gasteiger charge is -2.08. The van der Waals surface area contributed by atoms with Gasteiger partial charge in [0.25, 0.3) is 11.2 Å². The lowest BCUT2D eigenvalue weighted by Crippen LogP contribution is -2.39. The molecule has 0 atom stereocenters. The molecule has 9 nitrogen and oxygen atoms in total. The Hall–Kier alpha value is -3.49. The third-order valence-electron chi connectivity index (χ3n) is 4.41. The molecule has 0 N–H and O–H groups in total. The summed E-state index contributed by atoms with van der Waals surface area (Å²) in [5, 5.41) is 10.9. The molecule has 3 rings (SSSR count). The second-order valence-electron chi connectivity index (χ2n) is 5.96. The highest BCUT2D eigenvalue weighted by Gasteiger charge is 2.17. The minimum absolute atomic E-state index is 0.00666. The third kappa shape index (κ3) is 3.07. The van der Waals surface area contributed by atoms with Crippen molar-refractivity contribution in [1.82, 2.24) is 18.7 Å². The molecule has 0 spiro atoms. The molecule has 0 saturated heterocycles. The smallest absolute Gasteiger partial charge is 0.322 e. The quantitative estimate of drug-likeness (QED) is 0.505. The van der Waals surface area contributed by atoms with E-state index in [-0.39, 0.29) is 23.5 Å². The van der Waals surface area contributed by atoms with Crippen molar-refractivity contribution in [2.75, 3.05) is 0 Å². The number of hydrogen-bond donors (Lipinski definition) is 0. The van der Waals surface area contributed by atoms with Crippen molar-refractivity contribution in [2.45, 2.75) is 26.9 Å². The van der Waals surface area contributed by atoms with Crippen LogP contribution in [0.25, 0.3) is 23.3 Å². The molecule has 1 aromatic carbocycles. The van der Waals surface area contributed by atoms with Gasteiger partial charge in [0.15, 0.2) is 11.2 Å². The second-order valence-corrected chi connectivity index (χ2v) is 5.96. The summed E-state index contributed by atoms with van der Waals surface area (Å²) in [4.78, 5) is 40.0. The SMILES string of the molecule is CCn1c(=O)c2c(nc(/C=C/c3cccc([N+](=O)[O-])c3)n2C)n(CC)c1=O. The predicted octanol–water partition coefficient (Wildman–Crippen LogP) is 2.02. The third-order valence-corrected chi connectivity index (χ3v) is 4.41. The van der Waals surface area contributed by atoms with E-state index in [0.717, 1.165) is 0 Å². The first-order chi connectivity index (χ1) is 12.9. The van der Waals surface area contributed by atoms with Crippen molar-refractivity contribution in [3.63, 3.8) is 0 Å². The molecule has 27 heavy (non-hydrogen) atoms. The van der Waals surface area contributed by atoms with E-state index in [4.69, 9.17) is 0 Å². The van der Waals surface area contributed by atoms with Crippen LogP contribution in [0.1, 0.15) is 25.2 Å². The zero-order valence-corrected chi connectivity index (χ0v) is 15.2. The fourth-order valence-electron chi connectivity index (χ4n) is 3.01. The molecular weight excluding hydrogens is 350 g/mol. The molecule has 9 heteroatoms.